The molecular weight excluding hydrogens is 620 g/mol. The van der Waals surface area contributed by atoms with Gasteiger partial charge in [-0.05, 0) is 80.3 Å². The first kappa shape index (κ1) is 31.4. The Morgan fingerprint density at radius 3 is 2.85 bits per heavy atom. The summed E-state index contributed by atoms with van der Waals surface area (Å²) < 4.78 is 46.3. The van der Waals surface area contributed by atoms with Crippen molar-refractivity contribution >= 4 is 11.7 Å². The number of ether oxygens (including phenoxy) is 3. The van der Waals surface area contributed by atoms with E-state index in [-0.39, 0.29) is 23.8 Å². The van der Waals surface area contributed by atoms with E-state index in [1.807, 2.05) is 16.8 Å². The quantitative estimate of drug-likeness (QED) is 0.361. The average Bonchev–Trinajstić information content (AvgIpc) is 3.77. The van der Waals surface area contributed by atoms with Crippen LogP contribution in [-0.2, 0) is 42.9 Å². The van der Waals surface area contributed by atoms with Crippen molar-refractivity contribution in [3.05, 3.63) is 58.0 Å². The number of rotatable bonds is 7. The minimum atomic E-state index is -2.90. The van der Waals surface area contributed by atoms with Crippen LogP contribution in [0.5, 0.6) is 11.8 Å². The molecule has 5 aliphatic rings. The molecule has 1 unspecified atom stereocenters. The number of alkyl halides is 2. The Morgan fingerprint density at radius 1 is 1.15 bits per heavy atom. The van der Waals surface area contributed by atoms with Crippen LogP contribution in [0.15, 0.2) is 24.3 Å². The maximum atomic E-state index is 13.1. The third-order valence-corrected chi connectivity index (χ3v) is 11.0. The van der Waals surface area contributed by atoms with Crippen molar-refractivity contribution in [1.29, 1.82) is 0 Å². The lowest BCUT2D eigenvalue weighted by Crippen LogP contribution is -2.43. The lowest BCUT2D eigenvalue weighted by atomic mass is 9.86. The molecule has 11 nitrogen and oxygen atoms in total. The van der Waals surface area contributed by atoms with Crippen LogP contribution in [-0.4, -0.2) is 87.9 Å². The van der Waals surface area contributed by atoms with E-state index in [1.54, 1.807) is 26.2 Å². The summed E-state index contributed by atoms with van der Waals surface area (Å²) in [5.41, 5.74) is 4.41. The molecule has 0 bridgehead atoms. The minimum Gasteiger partial charge on any atom is -0.461 e. The Morgan fingerprint density at radius 2 is 2.02 bits per heavy atom. The fraction of sp³-hybridized carbons (Fsp3) is 0.600. The molecule has 2 fully saturated rings. The van der Waals surface area contributed by atoms with Crippen LogP contribution < -0.4 is 14.4 Å². The molecule has 1 amide bonds. The van der Waals surface area contributed by atoms with E-state index in [9.17, 15) is 13.6 Å². The summed E-state index contributed by atoms with van der Waals surface area (Å²) in [7, 11) is 3.46. The Hall–Kier alpha value is -3.84. The summed E-state index contributed by atoms with van der Waals surface area (Å²) in [6.45, 7) is 4.37. The van der Waals surface area contributed by atoms with Crippen LogP contribution in [0.3, 0.4) is 0 Å². The molecule has 2 aromatic heterocycles. The number of anilines is 1. The molecule has 0 saturated carbocycles. The van der Waals surface area contributed by atoms with Crippen molar-refractivity contribution in [2.45, 2.75) is 89.3 Å². The normalized spacial score (nSPS) is 26.3. The first-order valence-corrected chi connectivity index (χ1v) is 17.1. The third kappa shape index (κ3) is 5.48. The van der Waals surface area contributed by atoms with Gasteiger partial charge >= 0.3 is 12.6 Å². The molecule has 1 aromatic carbocycles. The molecule has 8 rings (SSSR count). The van der Waals surface area contributed by atoms with Crippen molar-refractivity contribution in [2.75, 3.05) is 45.2 Å². The van der Waals surface area contributed by atoms with Gasteiger partial charge in [-0.2, -0.15) is 23.8 Å². The number of hydrogen-bond donors (Lipinski definition) is 0. The molecule has 1 spiro atoms. The monoisotopic (exact) mass is 663 g/mol. The van der Waals surface area contributed by atoms with Crippen molar-refractivity contribution in [2.24, 2.45) is 5.92 Å². The average molecular weight is 664 g/mol. The zero-order valence-electron chi connectivity index (χ0n) is 27.9. The maximum absolute atomic E-state index is 13.1. The molecular formula is C35H43F2N7O4. The largest absolute Gasteiger partial charge is 0.461 e. The topological polar surface area (TPSA) is 98.1 Å². The standard InChI is InChI=1S/C35H43F2N7O4/c1-22-16-34(9-4-12-43(34)18-22)21-46-33-38-29-17-35(10-8-23-6-7-25(15-27(23)35)48-32(36)37)47-20-26(29)30(39-33)42-11-5-13-44-24(19-42)14-28(40-44)31(45)41(2)3/h6-7,14-15,22,32H,4-5,8-13,16-21H2,1-3H3/t22-,34+,35?/m1/s1. The smallest absolute Gasteiger partial charge is 0.387 e. The molecule has 2 saturated heterocycles. The van der Waals surface area contributed by atoms with Crippen molar-refractivity contribution in [3.8, 4) is 11.8 Å². The van der Waals surface area contributed by atoms with E-state index < -0.39 is 12.2 Å². The first-order chi connectivity index (χ1) is 23.1. The lowest BCUT2D eigenvalue weighted by Gasteiger charge is -2.37. The van der Waals surface area contributed by atoms with Crippen LogP contribution in [0, 0.1) is 5.92 Å². The van der Waals surface area contributed by atoms with Crippen molar-refractivity contribution < 1.29 is 27.8 Å². The highest BCUT2D eigenvalue weighted by Gasteiger charge is 2.48. The molecule has 6 heterocycles. The predicted octanol–water partition coefficient (Wildman–Crippen LogP) is 4.55. The molecule has 3 aromatic rings. The van der Waals surface area contributed by atoms with Gasteiger partial charge in [-0.15, -0.1) is 0 Å². The molecule has 3 atom stereocenters. The Labute approximate surface area is 279 Å². The van der Waals surface area contributed by atoms with Gasteiger partial charge in [-0.3, -0.25) is 14.4 Å². The second-order valence-corrected chi connectivity index (χ2v) is 14.5. The van der Waals surface area contributed by atoms with Crippen LogP contribution in [0.25, 0.3) is 0 Å². The van der Waals surface area contributed by atoms with Gasteiger partial charge in [-0.25, -0.2) is 0 Å². The van der Waals surface area contributed by atoms with Gasteiger partial charge in [0, 0.05) is 45.7 Å². The number of benzene rings is 1. The Kier molecular flexibility index (Phi) is 7.82. The van der Waals surface area contributed by atoms with Crippen molar-refractivity contribution in [1.82, 2.24) is 29.5 Å². The summed E-state index contributed by atoms with van der Waals surface area (Å²) in [4.78, 5) is 29.2. The van der Waals surface area contributed by atoms with Crippen LogP contribution in [0.1, 0.15) is 77.6 Å². The zero-order chi connectivity index (χ0) is 33.2. The fourth-order valence-corrected chi connectivity index (χ4v) is 8.82. The number of halogens is 2. The van der Waals surface area contributed by atoms with Gasteiger partial charge in [0.1, 0.15) is 18.2 Å². The minimum absolute atomic E-state index is 0.0130. The summed E-state index contributed by atoms with van der Waals surface area (Å²) in [5.74, 6) is 1.40. The summed E-state index contributed by atoms with van der Waals surface area (Å²) >= 11 is 0. The Balaban J connectivity index is 1.15. The Bertz CT molecular complexity index is 1730. The van der Waals surface area contributed by atoms with E-state index in [4.69, 9.17) is 24.2 Å². The molecule has 4 aliphatic heterocycles. The highest BCUT2D eigenvalue weighted by atomic mass is 19.3. The second-order valence-electron chi connectivity index (χ2n) is 14.5. The van der Waals surface area contributed by atoms with Gasteiger partial charge < -0.3 is 24.0 Å². The zero-order valence-corrected chi connectivity index (χ0v) is 27.9. The SMILES string of the molecule is C[C@H]1CN2CCC[C@@]2(COc2nc3c(c(N4CCCn5nc(C(=O)N(C)C)cc5C4)n2)COC2(CCc4ccc(OC(F)F)cc42)C3)C1. The number of amides is 1. The molecule has 48 heavy (non-hydrogen) atoms. The number of carbonyl (C=O) groups excluding carboxylic acids is 1. The number of hydrogen-bond acceptors (Lipinski definition) is 9. The molecule has 256 valence electrons. The van der Waals surface area contributed by atoms with Crippen molar-refractivity contribution in [3.63, 3.8) is 0 Å². The highest BCUT2D eigenvalue weighted by molar-refractivity contribution is 5.92. The van der Waals surface area contributed by atoms with Gasteiger partial charge in [-0.1, -0.05) is 13.0 Å². The maximum Gasteiger partial charge on any atom is 0.387 e. The van der Waals surface area contributed by atoms with Crippen LogP contribution in [0.2, 0.25) is 0 Å². The van der Waals surface area contributed by atoms with E-state index in [2.05, 4.69) is 21.8 Å². The highest BCUT2D eigenvalue weighted by Crippen LogP contribution is 2.48. The molecule has 13 heteroatoms. The number of nitrogens with zero attached hydrogens (tertiary/aromatic N) is 7. The molecule has 0 radical (unpaired) electrons. The lowest BCUT2D eigenvalue weighted by molar-refractivity contribution is -0.0740. The van der Waals surface area contributed by atoms with E-state index in [0.717, 1.165) is 85.6 Å². The second kappa shape index (κ2) is 11.9. The predicted molar refractivity (Wildman–Crippen MR) is 172 cm³/mol. The number of carbonyl (C=O) groups is 1. The number of aryl methyl sites for hydroxylation is 2. The van der Waals surface area contributed by atoms with Gasteiger partial charge in [0.25, 0.3) is 5.91 Å². The summed E-state index contributed by atoms with van der Waals surface area (Å²) in [6, 6.07) is 7.41. The van der Waals surface area contributed by atoms with Gasteiger partial charge in [0.15, 0.2) is 5.69 Å². The van der Waals surface area contributed by atoms with Crippen LogP contribution >= 0.6 is 0 Å². The van der Waals surface area contributed by atoms with Gasteiger partial charge in [0.05, 0.1) is 35.7 Å². The molecule has 0 N–H and O–H groups in total. The number of fused-ring (bicyclic) bond motifs is 5. The van der Waals surface area contributed by atoms with Gasteiger partial charge in [0.2, 0.25) is 0 Å². The van der Waals surface area contributed by atoms with Crippen LogP contribution in [0.4, 0.5) is 14.6 Å². The first-order valence-electron chi connectivity index (χ1n) is 17.1. The van der Waals surface area contributed by atoms with E-state index in [1.165, 1.54) is 11.3 Å². The summed E-state index contributed by atoms with van der Waals surface area (Å²) in [6.07, 6.45) is 6.17. The van der Waals surface area contributed by atoms with E-state index >= 15 is 0 Å². The summed E-state index contributed by atoms with van der Waals surface area (Å²) in [5, 5.41) is 4.62. The third-order valence-electron chi connectivity index (χ3n) is 11.0. The van der Waals surface area contributed by atoms with E-state index in [0.29, 0.717) is 43.7 Å². The molecule has 1 aliphatic carbocycles. The fourth-order valence-electron chi connectivity index (χ4n) is 8.82. The number of aromatic nitrogens is 4.